The molecule has 1 amide bonds. The van der Waals surface area contributed by atoms with E-state index in [1.165, 1.54) is 0 Å². The van der Waals surface area contributed by atoms with E-state index in [0.717, 1.165) is 33.1 Å². The number of aromatic amines is 2. The van der Waals surface area contributed by atoms with E-state index in [2.05, 4.69) is 15.3 Å². The summed E-state index contributed by atoms with van der Waals surface area (Å²) >= 11 is 0. The molecule has 0 fully saturated rings. The van der Waals surface area contributed by atoms with Gasteiger partial charge in [0.05, 0.1) is 12.1 Å². The van der Waals surface area contributed by atoms with Crippen LogP contribution >= 0.6 is 0 Å². The van der Waals surface area contributed by atoms with Crippen LogP contribution in [0.5, 0.6) is 0 Å². The van der Waals surface area contributed by atoms with Gasteiger partial charge in [0, 0.05) is 28.8 Å². The monoisotopic (exact) mass is 289 g/mol. The third kappa shape index (κ3) is 2.24. The number of anilines is 1. The second kappa shape index (κ2) is 5.07. The number of amides is 1. The molecule has 0 radical (unpaired) electrons. The van der Waals surface area contributed by atoms with Crippen LogP contribution in [0.25, 0.3) is 21.8 Å². The summed E-state index contributed by atoms with van der Waals surface area (Å²) in [5.41, 5.74) is 3.90. The van der Waals surface area contributed by atoms with Crippen LogP contribution in [0.1, 0.15) is 5.56 Å². The first-order valence-electron chi connectivity index (χ1n) is 7.21. The first kappa shape index (κ1) is 12.7. The summed E-state index contributed by atoms with van der Waals surface area (Å²) in [4.78, 5) is 18.6. The maximum Gasteiger partial charge on any atom is 0.228 e. The highest BCUT2D eigenvalue weighted by atomic mass is 16.1. The van der Waals surface area contributed by atoms with Crippen molar-refractivity contribution in [2.75, 3.05) is 5.32 Å². The predicted molar refractivity (Wildman–Crippen MR) is 88.9 cm³/mol. The van der Waals surface area contributed by atoms with E-state index in [-0.39, 0.29) is 5.91 Å². The molecule has 0 aliphatic heterocycles. The lowest BCUT2D eigenvalue weighted by molar-refractivity contribution is -0.115. The molecule has 108 valence electrons. The normalized spacial score (nSPS) is 11.1. The lowest BCUT2D eigenvalue weighted by atomic mass is 10.1. The molecule has 0 atom stereocenters. The average molecular weight is 289 g/mol. The minimum absolute atomic E-state index is 0.0143. The van der Waals surface area contributed by atoms with E-state index in [4.69, 9.17) is 0 Å². The number of H-pyrrole nitrogens is 2. The maximum absolute atomic E-state index is 12.3. The zero-order valence-electron chi connectivity index (χ0n) is 11.9. The van der Waals surface area contributed by atoms with E-state index >= 15 is 0 Å². The zero-order chi connectivity index (χ0) is 14.9. The smallest absolute Gasteiger partial charge is 0.228 e. The number of carbonyl (C=O) groups excluding carboxylic acids is 1. The molecule has 4 rings (SSSR count). The summed E-state index contributed by atoms with van der Waals surface area (Å²) in [5, 5.41) is 5.17. The van der Waals surface area contributed by atoms with Crippen molar-refractivity contribution in [1.82, 2.24) is 9.97 Å². The van der Waals surface area contributed by atoms with Crippen LogP contribution in [0, 0.1) is 0 Å². The standard InChI is InChI=1S/C18H15N3O/c22-18(11-12-4-5-13-6-8-20-17(13)10-12)21-16-3-1-2-15-14(16)7-9-19-15/h1-10,19-20H,11H2,(H,21,22). The van der Waals surface area contributed by atoms with Gasteiger partial charge in [-0.25, -0.2) is 0 Å². The van der Waals surface area contributed by atoms with Gasteiger partial charge in [0.1, 0.15) is 0 Å². The first-order valence-corrected chi connectivity index (χ1v) is 7.21. The van der Waals surface area contributed by atoms with E-state index in [0.29, 0.717) is 6.42 Å². The summed E-state index contributed by atoms with van der Waals surface area (Å²) < 4.78 is 0. The van der Waals surface area contributed by atoms with Gasteiger partial charge in [-0.15, -0.1) is 0 Å². The molecule has 0 saturated carbocycles. The molecule has 22 heavy (non-hydrogen) atoms. The van der Waals surface area contributed by atoms with Crippen molar-refractivity contribution in [1.29, 1.82) is 0 Å². The highest BCUT2D eigenvalue weighted by Gasteiger charge is 2.08. The quantitative estimate of drug-likeness (QED) is 0.527. The van der Waals surface area contributed by atoms with E-state index in [1.807, 2.05) is 60.9 Å². The van der Waals surface area contributed by atoms with Crippen molar-refractivity contribution in [3.63, 3.8) is 0 Å². The lowest BCUT2D eigenvalue weighted by Crippen LogP contribution is -2.14. The molecule has 0 unspecified atom stereocenters. The summed E-state index contributed by atoms with van der Waals surface area (Å²) in [6, 6.07) is 15.9. The highest BCUT2D eigenvalue weighted by molar-refractivity contribution is 6.02. The molecule has 4 nitrogen and oxygen atoms in total. The summed E-state index contributed by atoms with van der Waals surface area (Å²) in [6.07, 6.45) is 4.14. The summed E-state index contributed by atoms with van der Waals surface area (Å²) in [6.45, 7) is 0. The number of nitrogens with one attached hydrogen (secondary N) is 3. The fraction of sp³-hybridized carbons (Fsp3) is 0.0556. The van der Waals surface area contributed by atoms with Crippen molar-refractivity contribution in [3.8, 4) is 0 Å². The lowest BCUT2D eigenvalue weighted by Gasteiger charge is -2.07. The van der Waals surface area contributed by atoms with E-state index in [9.17, 15) is 4.79 Å². The van der Waals surface area contributed by atoms with Gasteiger partial charge in [-0.3, -0.25) is 4.79 Å². The Morgan fingerprint density at radius 1 is 0.955 bits per heavy atom. The Hall–Kier alpha value is -3.01. The van der Waals surface area contributed by atoms with E-state index < -0.39 is 0 Å². The Labute approximate surface area is 127 Å². The number of benzene rings is 2. The number of carbonyl (C=O) groups is 1. The van der Waals surface area contributed by atoms with Crippen LogP contribution in [-0.2, 0) is 11.2 Å². The summed E-state index contributed by atoms with van der Waals surface area (Å²) in [5.74, 6) is -0.0143. The largest absolute Gasteiger partial charge is 0.361 e. The predicted octanol–water partition coefficient (Wildman–Crippen LogP) is 3.83. The minimum atomic E-state index is -0.0143. The topological polar surface area (TPSA) is 60.7 Å². The van der Waals surface area contributed by atoms with Crippen LogP contribution < -0.4 is 5.32 Å². The third-order valence-electron chi connectivity index (χ3n) is 3.85. The van der Waals surface area contributed by atoms with Crippen molar-refractivity contribution >= 4 is 33.4 Å². The summed E-state index contributed by atoms with van der Waals surface area (Å²) in [7, 11) is 0. The SMILES string of the molecule is O=C(Cc1ccc2cc[nH]c2c1)Nc1cccc2[nH]ccc12. The van der Waals surface area contributed by atoms with Crippen molar-refractivity contribution in [2.45, 2.75) is 6.42 Å². The second-order valence-corrected chi connectivity index (χ2v) is 5.37. The molecule has 4 aromatic rings. The van der Waals surface area contributed by atoms with Gasteiger partial charge in [0.25, 0.3) is 0 Å². The highest BCUT2D eigenvalue weighted by Crippen LogP contribution is 2.22. The van der Waals surface area contributed by atoms with Crippen molar-refractivity contribution in [3.05, 3.63) is 66.5 Å². The molecule has 0 aliphatic carbocycles. The van der Waals surface area contributed by atoms with Gasteiger partial charge in [0.15, 0.2) is 0 Å². The molecule has 0 saturated heterocycles. The second-order valence-electron chi connectivity index (χ2n) is 5.37. The van der Waals surface area contributed by atoms with Crippen LogP contribution in [-0.4, -0.2) is 15.9 Å². The maximum atomic E-state index is 12.3. The van der Waals surface area contributed by atoms with Crippen LogP contribution in [0.2, 0.25) is 0 Å². The van der Waals surface area contributed by atoms with Gasteiger partial charge in [-0.2, -0.15) is 0 Å². The van der Waals surface area contributed by atoms with Crippen molar-refractivity contribution < 1.29 is 4.79 Å². The van der Waals surface area contributed by atoms with Crippen molar-refractivity contribution in [2.24, 2.45) is 0 Å². The Kier molecular flexibility index (Phi) is 2.93. The third-order valence-corrected chi connectivity index (χ3v) is 3.85. The Morgan fingerprint density at radius 3 is 2.77 bits per heavy atom. The van der Waals surface area contributed by atoms with Gasteiger partial charge < -0.3 is 15.3 Å². The van der Waals surface area contributed by atoms with E-state index in [1.54, 1.807) is 0 Å². The number of fused-ring (bicyclic) bond motifs is 2. The van der Waals surface area contributed by atoms with Crippen LogP contribution in [0.4, 0.5) is 5.69 Å². The van der Waals surface area contributed by atoms with Crippen LogP contribution in [0.15, 0.2) is 60.9 Å². The molecule has 2 aromatic carbocycles. The molecule has 2 heterocycles. The Morgan fingerprint density at radius 2 is 1.82 bits per heavy atom. The number of aromatic nitrogens is 2. The molecular weight excluding hydrogens is 274 g/mol. The van der Waals surface area contributed by atoms with Gasteiger partial charge in [-0.1, -0.05) is 18.2 Å². The molecule has 3 N–H and O–H groups in total. The van der Waals surface area contributed by atoms with Gasteiger partial charge in [-0.05, 0) is 41.3 Å². The Bertz CT molecular complexity index is 964. The number of hydrogen-bond acceptors (Lipinski definition) is 1. The molecule has 0 bridgehead atoms. The average Bonchev–Trinajstić information content (AvgIpc) is 3.15. The molecule has 0 spiro atoms. The molecular formula is C18H15N3O. The van der Waals surface area contributed by atoms with Gasteiger partial charge in [0.2, 0.25) is 5.91 Å². The molecule has 2 aromatic heterocycles. The van der Waals surface area contributed by atoms with Crippen LogP contribution in [0.3, 0.4) is 0 Å². The molecule has 4 heteroatoms. The zero-order valence-corrected chi connectivity index (χ0v) is 11.9. The van der Waals surface area contributed by atoms with Gasteiger partial charge >= 0.3 is 0 Å². The molecule has 0 aliphatic rings. The Balaban J connectivity index is 1.55. The fourth-order valence-corrected chi connectivity index (χ4v) is 2.78. The first-order chi connectivity index (χ1) is 10.8. The minimum Gasteiger partial charge on any atom is -0.361 e. The number of hydrogen-bond donors (Lipinski definition) is 3. The number of rotatable bonds is 3. The fourth-order valence-electron chi connectivity index (χ4n) is 2.78.